The van der Waals surface area contributed by atoms with Gasteiger partial charge in [-0.05, 0) is 30.2 Å². The molecule has 0 aliphatic carbocycles. The summed E-state index contributed by atoms with van der Waals surface area (Å²) in [4.78, 5) is 19.2. The Bertz CT molecular complexity index is 571. The molecule has 0 aromatic carbocycles. The number of nitrogens with zero attached hydrogens (tertiary/aromatic N) is 2. The molecule has 0 bridgehead atoms. The molecule has 98 valence electrons. The molecule has 0 fully saturated rings. The number of pyridine rings is 2. The highest BCUT2D eigenvalue weighted by Gasteiger charge is 2.07. The van der Waals surface area contributed by atoms with Gasteiger partial charge in [-0.25, -0.2) is 4.98 Å². The van der Waals surface area contributed by atoms with Gasteiger partial charge in [-0.2, -0.15) is 0 Å². The summed E-state index contributed by atoms with van der Waals surface area (Å²) in [7, 11) is 0. The van der Waals surface area contributed by atoms with Crippen molar-refractivity contribution in [3.05, 3.63) is 47.9 Å². The van der Waals surface area contributed by atoms with E-state index in [1.54, 1.807) is 18.5 Å². The van der Waals surface area contributed by atoms with Gasteiger partial charge in [0.25, 0.3) is 5.91 Å². The van der Waals surface area contributed by atoms with Crippen LogP contribution in [0.25, 0.3) is 0 Å². The van der Waals surface area contributed by atoms with Gasteiger partial charge in [0.1, 0.15) is 5.82 Å². The molecule has 0 radical (unpaired) electrons. The van der Waals surface area contributed by atoms with Gasteiger partial charge in [0.15, 0.2) is 0 Å². The summed E-state index contributed by atoms with van der Waals surface area (Å²) >= 11 is 0. The van der Waals surface area contributed by atoms with Crippen LogP contribution < -0.4 is 16.8 Å². The van der Waals surface area contributed by atoms with E-state index in [1.165, 1.54) is 11.8 Å². The van der Waals surface area contributed by atoms with E-state index in [9.17, 15) is 4.79 Å². The number of nitrogen functional groups attached to an aromatic ring is 1. The van der Waals surface area contributed by atoms with Crippen LogP contribution in [0.4, 0.5) is 11.5 Å². The van der Waals surface area contributed by atoms with Crippen molar-refractivity contribution in [3.63, 3.8) is 0 Å². The van der Waals surface area contributed by atoms with E-state index in [0.29, 0.717) is 12.4 Å². The van der Waals surface area contributed by atoms with Gasteiger partial charge in [-0.15, -0.1) is 0 Å². The van der Waals surface area contributed by atoms with Gasteiger partial charge in [0, 0.05) is 18.9 Å². The number of carbonyl (C=O) groups excluding carboxylic acids is 1. The molecule has 0 atom stereocenters. The lowest BCUT2D eigenvalue weighted by atomic mass is 10.2. The number of carbonyl (C=O) groups is 1. The lowest BCUT2D eigenvalue weighted by molar-refractivity contribution is 0.100. The Balaban J connectivity index is 1.97. The Hall–Kier alpha value is -2.63. The molecule has 2 aromatic rings. The molecule has 5 N–H and O–H groups in total. The number of nitrogens with two attached hydrogens (primary N) is 2. The van der Waals surface area contributed by atoms with Crippen molar-refractivity contribution in [2.75, 3.05) is 17.6 Å². The number of rotatable bonds is 5. The van der Waals surface area contributed by atoms with E-state index >= 15 is 0 Å². The highest BCUT2D eigenvalue weighted by Crippen LogP contribution is 2.14. The van der Waals surface area contributed by atoms with Gasteiger partial charge in [0.05, 0.1) is 17.4 Å². The van der Waals surface area contributed by atoms with Crippen LogP contribution in [0, 0.1) is 0 Å². The van der Waals surface area contributed by atoms with Crippen LogP contribution in [0.1, 0.15) is 15.9 Å². The summed E-state index contributed by atoms with van der Waals surface area (Å²) in [5.74, 6) is 0.0224. The molecule has 19 heavy (non-hydrogen) atoms. The van der Waals surface area contributed by atoms with E-state index in [4.69, 9.17) is 11.5 Å². The molecule has 0 unspecified atom stereocenters. The molecular weight excluding hydrogens is 242 g/mol. The summed E-state index contributed by atoms with van der Waals surface area (Å²) in [5.41, 5.74) is 12.6. The Morgan fingerprint density at radius 3 is 2.74 bits per heavy atom. The fourth-order valence-electron chi connectivity index (χ4n) is 1.66. The Morgan fingerprint density at radius 1 is 1.32 bits per heavy atom. The second-order valence-electron chi connectivity index (χ2n) is 4.05. The van der Waals surface area contributed by atoms with Gasteiger partial charge in [-0.1, -0.05) is 0 Å². The summed E-state index contributed by atoms with van der Waals surface area (Å²) in [6.45, 7) is 0.694. The van der Waals surface area contributed by atoms with Gasteiger partial charge in [0.2, 0.25) is 0 Å². The number of amides is 1. The molecule has 0 spiro atoms. The Kier molecular flexibility index (Phi) is 3.92. The third-order valence-corrected chi connectivity index (χ3v) is 2.67. The van der Waals surface area contributed by atoms with E-state index in [0.717, 1.165) is 6.42 Å². The molecule has 6 nitrogen and oxygen atoms in total. The third kappa shape index (κ3) is 3.41. The maximum Gasteiger partial charge on any atom is 0.250 e. The monoisotopic (exact) mass is 257 g/mol. The first-order valence-corrected chi connectivity index (χ1v) is 5.85. The summed E-state index contributed by atoms with van der Waals surface area (Å²) in [5, 5.41) is 3.12. The van der Waals surface area contributed by atoms with Gasteiger partial charge >= 0.3 is 0 Å². The van der Waals surface area contributed by atoms with Crippen molar-refractivity contribution in [1.29, 1.82) is 0 Å². The highest BCUT2D eigenvalue weighted by atomic mass is 16.1. The average molecular weight is 257 g/mol. The smallest absolute Gasteiger partial charge is 0.250 e. The van der Waals surface area contributed by atoms with Crippen molar-refractivity contribution < 1.29 is 4.79 Å². The standard InChI is InChI=1S/C13H15N5O/c14-11-8-18-12(7-10(11)13(15)19)17-6-3-9-1-4-16-5-2-9/h1-2,4-5,7-8H,3,6,14H2,(H2,15,19)(H,17,18). The minimum atomic E-state index is -0.558. The van der Waals surface area contributed by atoms with Crippen LogP contribution in [0.5, 0.6) is 0 Å². The first-order valence-electron chi connectivity index (χ1n) is 5.85. The molecule has 2 heterocycles. The maximum atomic E-state index is 11.1. The molecule has 0 saturated heterocycles. The number of hydrogen-bond acceptors (Lipinski definition) is 5. The predicted molar refractivity (Wildman–Crippen MR) is 73.6 cm³/mol. The molecule has 0 aliphatic heterocycles. The van der Waals surface area contributed by atoms with Crippen LogP contribution in [0.3, 0.4) is 0 Å². The van der Waals surface area contributed by atoms with Crippen molar-refractivity contribution in [1.82, 2.24) is 9.97 Å². The maximum absolute atomic E-state index is 11.1. The summed E-state index contributed by atoms with van der Waals surface area (Å²) in [6, 6.07) is 5.46. The molecule has 0 saturated carbocycles. The van der Waals surface area contributed by atoms with Crippen LogP contribution >= 0.6 is 0 Å². The van der Waals surface area contributed by atoms with Crippen molar-refractivity contribution in [3.8, 4) is 0 Å². The number of aromatic nitrogens is 2. The lowest BCUT2D eigenvalue weighted by Gasteiger charge is -2.08. The molecule has 2 rings (SSSR count). The zero-order valence-electron chi connectivity index (χ0n) is 10.3. The van der Waals surface area contributed by atoms with Gasteiger partial charge in [-0.3, -0.25) is 9.78 Å². The summed E-state index contributed by atoms with van der Waals surface area (Å²) in [6.07, 6.45) is 5.76. The fourth-order valence-corrected chi connectivity index (χ4v) is 1.66. The minimum Gasteiger partial charge on any atom is -0.397 e. The first kappa shape index (κ1) is 12.8. The van der Waals surface area contributed by atoms with Crippen LogP contribution in [0.2, 0.25) is 0 Å². The quantitative estimate of drug-likeness (QED) is 0.734. The number of hydrogen-bond donors (Lipinski definition) is 3. The number of anilines is 2. The normalized spacial score (nSPS) is 10.1. The zero-order chi connectivity index (χ0) is 13.7. The second-order valence-corrected chi connectivity index (χ2v) is 4.05. The number of nitrogens with one attached hydrogen (secondary N) is 1. The average Bonchev–Trinajstić information content (AvgIpc) is 2.41. The van der Waals surface area contributed by atoms with E-state index in [2.05, 4.69) is 15.3 Å². The van der Waals surface area contributed by atoms with E-state index in [-0.39, 0.29) is 11.3 Å². The lowest BCUT2D eigenvalue weighted by Crippen LogP contribution is -2.15. The largest absolute Gasteiger partial charge is 0.397 e. The summed E-state index contributed by atoms with van der Waals surface area (Å²) < 4.78 is 0. The van der Waals surface area contributed by atoms with Crippen molar-refractivity contribution in [2.24, 2.45) is 5.73 Å². The van der Waals surface area contributed by atoms with E-state index < -0.39 is 5.91 Å². The van der Waals surface area contributed by atoms with Crippen LogP contribution in [-0.4, -0.2) is 22.4 Å². The second kappa shape index (κ2) is 5.81. The third-order valence-electron chi connectivity index (χ3n) is 2.67. The highest BCUT2D eigenvalue weighted by molar-refractivity contribution is 5.98. The molecule has 2 aromatic heterocycles. The van der Waals surface area contributed by atoms with Crippen molar-refractivity contribution >= 4 is 17.4 Å². The molecule has 6 heteroatoms. The molecular formula is C13H15N5O. The zero-order valence-corrected chi connectivity index (χ0v) is 10.3. The van der Waals surface area contributed by atoms with Gasteiger partial charge < -0.3 is 16.8 Å². The Labute approximate surface area is 110 Å². The topological polar surface area (TPSA) is 107 Å². The predicted octanol–water partition coefficient (Wildman–Crippen LogP) is 0.812. The van der Waals surface area contributed by atoms with E-state index in [1.807, 2.05) is 12.1 Å². The first-order chi connectivity index (χ1) is 9.16. The van der Waals surface area contributed by atoms with Crippen molar-refractivity contribution in [2.45, 2.75) is 6.42 Å². The SMILES string of the molecule is NC(=O)c1cc(NCCc2ccncc2)ncc1N. The number of primary amides is 1. The molecule has 0 aliphatic rings. The minimum absolute atomic E-state index is 0.279. The fraction of sp³-hybridized carbons (Fsp3) is 0.154. The van der Waals surface area contributed by atoms with Crippen LogP contribution in [0.15, 0.2) is 36.8 Å². The Morgan fingerprint density at radius 2 is 2.05 bits per heavy atom. The molecule has 1 amide bonds. The van der Waals surface area contributed by atoms with Crippen LogP contribution in [-0.2, 0) is 6.42 Å².